The average molecular weight is 213 g/mol. The van der Waals surface area contributed by atoms with Crippen LogP contribution in [0, 0.1) is 0 Å². The van der Waals surface area contributed by atoms with Gasteiger partial charge in [0.25, 0.3) is 0 Å². The number of fused-ring (bicyclic) bond motifs is 3. The van der Waals surface area contributed by atoms with Crippen LogP contribution < -0.4 is 5.46 Å². The molecule has 0 unspecified atom stereocenters. The first kappa shape index (κ1) is 8.80. The van der Waals surface area contributed by atoms with Gasteiger partial charge in [0, 0.05) is 17.0 Å². The molecule has 0 bridgehead atoms. The Morgan fingerprint density at radius 1 is 1.27 bits per heavy atom. The quantitative estimate of drug-likeness (QED) is 0.536. The maximum Gasteiger partial charge on any atom is 0.226 e. The summed E-state index contributed by atoms with van der Waals surface area (Å²) in [6.45, 7) is 0. The molecule has 0 amide bonds. The lowest BCUT2D eigenvalue weighted by Crippen LogP contribution is -2.02. The van der Waals surface area contributed by atoms with E-state index in [0.29, 0.717) is 21.8 Å². The van der Waals surface area contributed by atoms with Gasteiger partial charge in [-0.2, -0.15) is 0 Å². The molecule has 70 valence electrons. The number of hydrogen-bond donors (Lipinski definition) is 0. The van der Waals surface area contributed by atoms with Crippen LogP contribution in [0.1, 0.15) is 0 Å². The highest BCUT2D eigenvalue weighted by Crippen LogP contribution is 2.30. The molecular weight excluding hydrogens is 208 g/mol. The first-order chi connectivity index (χ1) is 7.27. The fourth-order valence-electron chi connectivity index (χ4n) is 1.71. The van der Waals surface area contributed by atoms with Gasteiger partial charge in [0.15, 0.2) is 5.58 Å². The number of nitrogens with zero attached hydrogens (tertiary/aromatic N) is 1. The number of aromatic nitrogens is 1. The van der Waals surface area contributed by atoms with Crippen LogP contribution in [0.15, 0.2) is 34.9 Å². The second-order valence-electron chi connectivity index (χ2n) is 3.30. The Morgan fingerprint density at radius 3 is 3.00 bits per heavy atom. The molecule has 0 aliphatic carbocycles. The van der Waals surface area contributed by atoms with Crippen molar-refractivity contribution >= 4 is 47.0 Å². The highest BCUT2D eigenvalue weighted by atomic mass is 35.5. The second kappa shape index (κ2) is 3.01. The lowest BCUT2D eigenvalue weighted by Gasteiger charge is -1.93. The van der Waals surface area contributed by atoms with Gasteiger partial charge in [0.2, 0.25) is 5.71 Å². The molecule has 15 heavy (non-hydrogen) atoms. The minimum atomic E-state index is 0.526. The lowest BCUT2D eigenvalue weighted by molar-refractivity contribution is 0.654. The molecule has 2 radical (unpaired) electrons. The van der Waals surface area contributed by atoms with Crippen molar-refractivity contribution in [3.63, 3.8) is 0 Å². The van der Waals surface area contributed by atoms with Crippen molar-refractivity contribution in [1.82, 2.24) is 4.98 Å². The van der Waals surface area contributed by atoms with Crippen molar-refractivity contribution in [2.45, 2.75) is 0 Å². The number of furan rings is 1. The van der Waals surface area contributed by atoms with Crippen LogP contribution in [0.2, 0.25) is 5.02 Å². The minimum absolute atomic E-state index is 0.526. The van der Waals surface area contributed by atoms with E-state index in [1.54, 1.807) is 18.3 Å². The van der Waals surface area contributed by atoms with Crippen LogP contribution >= 0.6 is 11.6 Å². The van der Waals surface area contributed by atoms with E-state index in [1.807, 2.05) is 12.1 Å². The summed E-state index contributed by atoms with van der Waals surface area (Å²) >= 11 is 6.02. The van der Waals surface area contributed by atoms with E-state index in [2.05, 4.69) is 4.98 Å². The summed E-state index contributed by atoms with van der Waals surface area (Å²) in [6, 6.07) is 7.32. The highest BCUT2D eigenvalue weighted by Gasteiger charge is 2.11. The highest BCUT2D eigenvalue weighted by molar-refractivity contribution is 6.42. The molecule has 0 fully saturated rings. The van der Waals surface area contributed by atoms with Gasteiger partial charge < -0.3 is 4.42 Å². The first-order valence-corrected chi connectivity index (χ1v) is 4.86. The van der Waals surface area contributed by atoms with Gasteiger partial charge in [0.1, 0.15) is 7.85 Å². The summed E-state index contributed by atoms with van der Waals surface area (Å²) in [5, 5.41) is 2.31. The van der Waals surface area contributed by atoms with E-state index in [-0.39, 0.29) is 0 Å². The average Bonchev–Trinajstić information content (AvgIpc) is 2.59. The van der Waals surface area contributed by atoms with Gasteiger partial charge in [-0.3, -0.25) is 0 Å². The standard InChI is InChI=1S/C11H5BClNO/c12-7-4-5-14-11-9(7)6-2-1-3-8(13)10(6)15-11/h1-5H. The van der Waals surface area contributed by atoms with Gasteiger partial charge in [-0.15, -0.1) is 0 Å². The van der Waals surface area contributed by atoms with E-state index < -0.39 is 0 Å². The predicted octanol–water partition coefficient (Wildman–Crippen LogP) is 2.43. The Bertz CT molecular complexity index is 662. The van der Waals surface area contributed by atoms with Gasteiger partial charge in [-0.1, -0.05) is 29.2 Å². The molecule has 0 aliphatic rings. The number of halogens is 1. The Hall–Kier alpha value is -1.48. The monoisotopic (exact) mass is 213 g/mol. The summed E-state index contributed by atoms with van der Waals surface area (Å²) in [5.74, 6) is 0. The zero-order valence-corrected chi connectivity index (χ0v) is 8.45. The molecule has 3 rings (SSSR count). The topological polar surface area (TPSA) is 26.0 Å². The molecule has 1 aromatic carbocycles. The van der Waals surface area contributed by atoms with Crippen LogP contribution in [0.5, 0.6) is 0 Å². The van der Waals surface area contributed by atoms with E-state index in [9.17, 15) is 0 Å². The molecule has 2 aromatic heterocycles. The van der Waals surface area contributed by atoms with E-state index in [4.69, 9.17) is 23.9 Å². The summed E-state index contributed by atoms with van der Waals surface area (Å²) in [6.07, 6.45) is 1.62. The Kier molecular flexibility index (Phi) is 1.76. The molecule has 2 heterocycles. The number of rotatable bonds is 0. The fraction of sp³-hybridized carbons (Fsp3) is 0. The third-order valence-electron chi connectivity index (χ3n) is 2.38. The number of para-hydroxylation sites is 1. The van der Waals surface area contributed by atoms with E-state index in [0.717, 1.165) is 10.8 Å². The van der Waals surface area contributed by atoms with Gasteiger partial charge in [0.05, 0.1) is 5.02 Å². The van der Waals surface area contributed by atoms with Crippen molar-refractivity contribution in [2.75, 3.05) is 0 Å². The van der Waals surface area contributed by atoms with Crippen LogP contribution in [0.4, 0.5) is 0 Å². The summed E-state index contributed by atoms with van der Waals surface area (Å²) in [7, 11) is 5.87. The maximum absolute atomic E-state index is 6.02. The Balaban J connectivity index is 2.65. The van der Waals surface area contributed by atoms with Gasteiger partial charge in [-0.25, -0.2) is 4.98 Å². The molecule has 0 spiro atoms. The first-order valence-electron chi connectivity index (χ1n) is 4.48. The zero-order chi connectivity index (χ0) is 10.4. The van der Waals surface area contributed by atoms with Crippen molar-refractivity contribution in [3.8, 4) is 0 Å². The Labute approximate surface area is 92.3 Å². The molecule has 0 saturated heterocycles. The second-order valence-corrected chi connectivity index (χ2v) is 3.71. The summed E-state index contributed by atoms with van der Waals surface area (Å²) in [5.41, 5.74) is 1.82. The third kappa shape index (κ3) is 1.16. The SMILES string of the molecule is [B]c1ccnc2oc3c(Cl)cccc3c12. The van der Waals surface area contributed by atoms with Crippen molar-refractivity contribution < 1.29 is 4.42 Å². The minimum Gasteiger partial charge on any atom is -0.436 e. The fourth-order valence-corrected chi connectivity index (χ4v) is 1.92. The van der Waals surface area contributed by atoms with Crippen LogP contribution in [-0.4, -0.2) is 12.8 Å². The van der Waals surface area contributed by atoms with Crippen molar-refractivity contribution in [1.29, 1.82) is 0 Å². The molecule has 0 atom stereocenters. The molecule has 0 saturated carbocycles. The van der Waals surface area contributed by atoms with Crippen LogP contribution in [0.3, 0.4) is 0 Å². The molecule has 0 aliphatic heterocycles. The predicted molar refractivity (Wildman–Crippen MR) is 61.9 cm³/mol. The molecule has 0 N–H and O–H groups in total. The summed E-state index contributed by atoms with van der Waals surface area (Å²) < 4.78 is 5.54. The number of pyridine rings is 1. The third-order valence-corrected chi connectivity index (χ3v) is 2.68. The van der Waals surface area contributed by atoms with Crippen LogP contribution in [-0.2, 0) is 0 Å². The lowest BCUT2D eigenvalue weighted by atomic mass is 9.93. The van der Waals surface area contributed by atoms with Gasteiger partial charge in [-0.05, 0) is 12.1 Å². The van der Waals surface area contributed by atoms with Crippen molar-refractivity contribution in [3.05, 3.63) is 35.5 Å². The molecule has 3 aromatic rings. The van der Waals surface area contributed by atoms with Crippen molar-refractivity contribution in [2.24, 2.45) is 0 Å². The van der Waals surface area contributed by atoms with Gasteiger partial charge >= 0.3 is 0 Å². The molecular formula is C11H5BClNO. The number of hydrogen-bond acceptors (Lipinski definition) is 2. The van der Waals surface area contributed by atoms with Crippen LogP contribution in [0.25, 0.3) is 22.1 Å². The molecule has 2 nitrogen and oxygen atoms in total. The Morgan fingerprint density at radius 2 is 2.13 bits per heavy atom. The largest absolute Gasteiger partial charge is 0.436 e. The number of benzene rings is 1. The van der Waals surface area contributed by atoms with E-state index >= 15 is 0 Å². The summed E-state index contributed by atoms with van der Waals surface area (Å²) in [4.78, 5) is 4.12. The maximum atomic E-state index is 6.02. The van der Waals surface area contributed by atoms with E-state index in [1.165, 1.54) is 0 Å². The molecule has 4 heteroatoms. The smallest absolute Gasteiger partial charge is 0.226 e. The normalized spacial score (nSPS) is 11.3. The zero-order valence-electron chi connectivity index (χ0n) is 7.70.